The van der Waals surface area contributed by atoms with E-state index < -0.39 is 0 Å². The molecular formula is C32H22N2O. The van der Waals surface area contributed by atoms with Gasteiger partial charge >= 0.3 is 0 Å². The van der Waals surface area contributed by atoms with Crippen LogP contribution in [0.15, 0.2) is 119 Å². The summed E-state index contributed by atoms with van der Waals surface area (Å²) >= 11 is 0. The molecule has 3 nitrogen and oxygen atoms in total. The SMILES string of the molecule is C=NCc1c(-c2ccccc2-n2c3ccccc3c3ccccc32)ccc2oc3ccccc3c12. The van der Waals surface area contributed by atoms with Gasteiger partial charge in [-0.2, -0.15) is 0 Å². The molecule has 35 heavy (non-hydrogen) atoms. The van der Waals surface area contributed by atoms with Crippen LogP contribution >= 0.6 is 0 Å². The standard InChI is InChI=1S/C32H22N2O/c1-33-20-26-21(18-19-31-32(26)25-13-5-9-17-30(25)35-31)22-10-2-6-14-27(22)34-28-15-7-3-11-23(28)24-12-4-8-16-29(24)34/h2-19H,1,20H2. The van der Waals surface area contributed by atoms with Gasteiger partial charge in [0.05, 0.1) is 23.3 Å². The van der Waals surface area contributed by atoms with Crippen molar-refractivity contribution < 1.29 is 4.42 Å². The Morgan fingerprint density at radius 1 is 0.600 bits per heavy atom. The smallest absolute Gasteiger partial charge is 0.135 e. The Kier molecular flexibility index (Phi) is 4.36. The van der Waals surface area contributed by atoms with E-state index in [0.717, 1.165) is 44.3 Å². The van der Waals surface area contributed by atoms with Crippen LogP contribution in [0.2, 0.25) is 0 Å². The molecule has 0 saturated carbocycles. The molecule has 3 heteroatoms. The number of furan rings is 1. The molecule has 0 aliphatic carbocycles. The summed E-state index contributed by atoms with van der Waals surface area (Å²) in [5, 5.41) is 4.73. The van der Waals surface area contributed by atoms with Crippen molar-refractivity contribution in [1.82, 2.24) is 4.57 Å². The molecule has 2 heterocycles. The van der Waals surface area contributed by atoms with Gasteiger partial charge in [0.15, 0.2) is 0 Å². The second-order valence-corrected chi connectivity index (χ2v) is 8.83. The van der Waals surface area contributed by atoms with Crippen LogP contribution in [-0.4, -0.2) is 11.3 Å². The highest BCUT2D eigenvalue weighted by molar-refractivity contribution is 6.11. The van der Waals surface area contributed by atoms with Crippen molar-refractivity contribution in [3.8, 4) is 16.8 Å². The van der Waals surface area contributed by atoms with Crippen molar-refractivity contribution in [2.75, 3.05) is 0 Å². The third kappa shape index (κ3) is 2.88. The van der Waals surface area contributed by atoms with E-state index in [1.807, 2.05) is 12.1 Å². The minimum Gasteiger partial charge on any atom is -0.456 e. The normalized spacial score (nSPS) is 11.7. The predicted molar refractivity (Wildman–Crippen MR) is 147 cm³/mol. The molecule has 0 bridgehead atoms. The molecule has 2 aromatic heterocycles. The van der Waals surface area contributed by atoms with Gasteiger partial charge in [0.25, 0.3) is 0 Å². The van der Waals surface area contributed by atoms with Crippen molar-refractivity contribution in [2.24, 2.45) is 4.99 Å². The molecule has 0 unspecified atom stereocenters. The third-order valence-corrected chi connectivity index (χ3v) is 6.94. The maximum atomic E-state index is 6.18. The summed E-state index contributed by atoms with van der Waals surface area (Å²) in [6, 6.07) is 38.3. The van der Waals surface area contributed by atoms with Gasteiger partial charge in [0.2, 0.25) is 0 Å². The Bertz CT molecular complexity index is 1850. The van der Waals surface area contributed by atoms with Crippen LogP contribution in [-0.2, 0) is 6.54 Å². The molecule has 166 valence electrons. The summed E-state index contributed by atoms with van der Waals surface area (Å²) in [5.41, 5.74) is 8.74. The topological polar surface area (TPSA) is 30.4 Å². The highest BCUT2D eigenvalue weighted by atomic mass is 16.3. The Morgan fingerprint density at radius 2 is 1.23 bits per heavy atom. The molecule has 0 fully saturated rings. The number of para-hydroxylation sites is 4. The minimum absolute atomic E-state index is 0.512. The molecule has 0 aliphatic rings. The number of nitrogens with zero attached hydrogens (tertiary/aromatic N) is 2. The first-order valence-electron chi connectivity index (χ1n) is 11.8. The van der Waals surface area contributed by atoms with Crippen LogP contribution < -0.4 is 0 Å². The predicted octanol–water partition coefficient (Wildman–Crippen LogP) is 8.55. The quantitative estimate of drug-likeness (QED) is 0.247. The average molecular weight is 451 g/mol. The lowest BCUT2D eigenvalue weighted by atomic mass is 9.94. The monoisotopic (exact) mass is 450 g/mol. The van der Waals surface area contributed by atoms with Crippen LogP contribution in [0.25, 0.3) is 60.6 Å². The number of benzene rings is 5. The van der Waals surface area contributed by atoms with Crippen LogP contribution in [0, 0.1) is 0 Å². The van der Waals surface area contributed by atoms with E-state index in [0.29, 0.717) is 6.54 Å². The summed E-state index contributed by atoms with van der Waals surface area (Å²) in [7, 11) is 0. The zero-order chi connectivity index (χ0) is 23.4. The van der Waals surface area contributed by atoms with Gasteiger partial charge in [0, 0.05) is 27.1 Å². The van der Waals surface area contributed by atoms with Gasteiger partial charge in [-0.1, -0.05) is 78.9 Å². The summed E-state index contributed by atoms with van der Waals surface area (Å²) in [5.74, 6) is 0. The zero-order valence-corrected chi connectivity index (χ0v) is 19.1. The molecule has 7 aromatic rings. The lowest BCUT2D eigenvalue weighted by molar-refractivity contribution is 0.668. The second kappa shape index (κ2) is 7.71. The fraction of sp³-hybridized carbons (Fsp3) is 0.0312. The van der Waals surface area contributed by atoms with Crippen molar-refractivity contribution in [3.63, 3.8) is 0 Å². The van der Waals surface area contributed by atoms with Crippen LogP contribution in [0.4, 0.5) is 0 Å². The van der Waals surface area contributed by atoms with Gasteiger partial charge in [0.1, 0.15) is 11.2 Å². The second-order valence-electron chi connectivity index (χ2n) is 8.83. The highest BCUT2D eigenvalue weighted by Crippen LogP contribution is 2.41. The summed E-state index contributed by atoms with van der Waals surface area (Å²) in [6.45, 7) is 4.34. The Hall–Kier alpha value is -4.63. The molecule has 7 rings (SSSR count). The molecule has 5 aromatic carbocycles. The van der Waals surface area contributed by atoms with Crippen LogP contribution in [0.1, 0.15) is 5.56 Å². The number of hydrogen-bond acceptors (Lipinski definition) is 2. The lowest BCUT2D eigenvalue weighted by Crippen LogP contribution is -1.99. The van der Waals surface area contributed by atoms with Crippen molar-refractivity contribution in [3.05, 3.63) is 115 Å². The molecular weight excluding hydrogens is 428 g/mol. The maximum absolute atomic E-state index is 6.18. The molecule has 0 saturated heterocycles. The van der Waals surface area contributed by atoms with Crippen molar-refractivity contribution in [1.29, 1.82) is 0 Å². The van der Waals surface area contributed by atoms with Crippen molar-refractivity contribution >= 4 is 50.5 Å². The summed E-state index contributed by atoms with van der Waals surface area (Å²) in [4.78, 5) is 4.32. The molecule has 0 aliphatic heterocycles. The Balaban J connectivity index is 1.59. The molecule has 0 amide bonds. The largest absolute Gasteiger partial charge is 0.456 e. The molecule has 0 radical (unpaired) electrons. The summed E-state index contributed by atoms with van der Waals surface area (Å²) in [6.07, 6.45) is 0. The van der Waals surface area contributed by atoms with Gasteiger partial charge in [-0.3, -0.25) is 4.99 Å². The lowest BCUT2D eigenvalue weighted by Gasteiger charge is -2.16. The van der Waals surface area contributed by atoms with Gasteiger partial charge in [-0.15, -0.1) is 0 Å². The van der Waals surface area contributed by atoms with E-state index in [1.165, 1.54) is 21.8 Å². The van der Waals surface area contributed by atoms with E-state index in [9.17, 15) is 0 Å². The van der Waals surface area contributed by atoms with E-state index >= 15 is 0 Å². The van der Waals surface area contributed by atoms with E-state index in [4.69, 9.17) is 4.42 Å². The fourth-order valence-corrected chi connectivity index (χ4v) is 5.49. The van der Waals surface area contributed by atoms with Crippen LogP contribution in [0.3, 0.4) is 0 Å². The molecule has 0 spiro atoms. The van der Waals surface area contributed by atoms with E-state index in [1.54, 1.807) is 0 Å². The highest BCUT2D eigenvalue weighted by Gasteiger charge is 2.19. The van der Waals surface area contributed by atoms with Gasteiger partial charge < -0.3 is 8.98 Å². The fourth-order valence-electron chi connectivity index (χ4n) is 5.49. The van der Waals surface area contributed by atoms with Crippen LogP contribution in [0.5, 0.6) is 0 Å². The Labute approximate surface area is 202 Å². The number of fused-ring (bicyclic) bond motifs is 6. The van der Waals surface area contributed by atoms with Gasteiger partial charge in [-0.05, 0) is 48.2 Å². The third-order valence-electron chi connectivity index (χ3n) is 6.94. The number of hydrogen-bond donors (Lipinski definition) is 0. The Morgan fingerprint density at radius 3 is 1.97 bits per heavy atom. The first-order valence-corrected chi connectivity index (χ1v) is 11.8. The zero-order valence-electron chi connectivity index (χ0n) is 19.1. The van der Waals surface area contributed by atoms with E-state index in [-0.39, 0.29) is 0 Å². The van der Waals surface area contributed by atoms with Crippen molar-refractivity contribution in [2.45, 2.75) is 6.54 Å². The number of aromatic nitrogens is 1. The molecule has 0 atom stereocenters. The maximum Gasteiger partial charge on any atom is 0.135 e. The minimum atomic E-state index is 0.512. The first kappa shape index (κ1) is 19.8. The summed E-state index contributed by atoms with van der Waals surface area (Å²) < 4.78 is 8.56. The first-order chi connectivity index (χ1) is 17.3. The van der Waals surface area contributed by atoms with Gasteiger partial charge in [-0.25, -0.2) is 0 Å². The number of rotatable bonds is 4. The average Bonchev–Trinajstić information content (AvgIpc) is 3.45. The molecule has 0 N–H and O–H groups in total. The number of aliphatic imine (C=N–C) groups is 1. The van der Waals surface area contributed by atoms with E-state index in [2.05, 4.69) is 113 Å².